The van der Waals surface area contributed by atoms with Crippen molar-refractivity contribution in [3.05, 3.63) is 75.6 Å². The molecule has 0 aliphatic carbocycles. The second kappa shape index (κ2) is 9.50. The Morgan fingerprint density at radius 3 is 2.43 bits per heavy atom. The second-order valence-corrected chi connectivity index (χ2v) is 9.61. The van der Waals surface area contributed by atoms with Crippen LogP contribution in [-0.2, 0) is 22.6 Å². The molecule has 9 heteroatoms. The molecule has 0 aliphatic rings. The molecule has 0 aliphatic heterocycles. The number of rotatable bonds is 6. The van der Waals surface area contributed by atoms with E-state index in [9.17, 15) is 18.2 Å². The van der Waals surface area contributed by atoms with Crippen LogP contribution in [0, 0.1) is 19.7 Å². The second-order valence-electron chi connectivity index (χ2n) is 8.23. The van der Waals surface area contributed by atoms with E-state index < -0.39 is 16.8 Å². The van der Waals surface area contributed by atoms with Gasteiger partial charge in [-0.3, -0.25) is 9.00 Å². The lowest BCUT2D eigenvalue weighted by Gasteiger charge is -2.17. The number of aromatic amines is 1. The molecule has 0 radical (unpaired) electrons. The van der Waals surface area contributed by atoms with E-state index in [0.29, 0.717) is 44.0 Å². The van der Waals surface area contributed by atoms with Gasteiger partial charge in [-0.05, 0) is 68.3 Å². The molecule has 7 nitrogen and oxygen atoms in total. The van der Waals surface area contributed by atoms with Crippen molar-refractivity contribution in [1.29, 1.82) is 0 Å². The Hall–Kier alpha value is -3.72. The van der Waals surface area contributed by atoms with Crippen LogP contribution in [0.1, 0.15) is 28.5 Å². The first-order valence-corrected chi connectivity index (χ1v) is 12.5. The minimum absolute atomic E-state index is 0.148. The number of nitrogens with one attached hydrogen (secondary N) is 1. The number of hydrogen-bond donors (Lipinski definition) is 1. The summed E-state index contributed by atoms with van der Waals surface area (Å²) in [7, 11) is 0.320. The molecule has 2 aromatic heterocycles. The number of halogens is 1. The third-order valence-electron chi connectivity index (χ3n) is 5.67. The van der Waals surface area contributed by atoms with Gasteiger partial charge in [-0.1, -0.05) is 0 Å². The molecule has 2 heterocycles. The topological polar surface area (TPSA) is 90.4 Å². The van der Waals surface area contributed by atoms with Crippen molar-refractivity contribution >= 4 is 27.7 Å². The van der Waals surface area contributed by atoms with E-state index in [0.717, 1.165) is 0 Å². The van der Waals surface area contributed by atoms with E-state index in [1.165, 1.54) is 16.7 Å². The number of pyridine rings is 1. The van der Waals surface area contributed by atoms with E-state index in [4.69, 9.17) is 9.47 Å². The Bertz CT molecular complexity index is 1530. The Kier molecular flexibility index (Phi) is 6.62. The maximum Gasteiger partial charge on any atom is 0.354 e. The lowest BCUT2D eigenvalue weighted by Crippen LogP contribution is -2.17. The maximum absolute atomic E-state index is 13.8. The number of fused-ring (bicyclic) bond motifs is 1. The number of nitrogens with zero attached hydrogens (tertiary/aromatic N) is 1. The molecule has 4 aromatic rings. The van der Waals surface area contributed by atoms with Gasteiger partial charge in [0.05, 0.1) is 6.61 Å². The van der Waals surface area contributed by atoms with Gasteiger partial charge in [0.1, 0.15) is 28.5 Å². The first-order chi connectivity index (χ1) is 16.6. The fourth-order valence-electron chi connectivity index (χ4n) is 4.02. The maximum atomic E-state index is 13.8. The quantitative estimate of drug-likeness (QED) is 0.380. The molecular weight excluding hydrogens is 471 g/mol. The zero-order chi connectivity index (χ0) is 25.4. The molecule has 0 amide bonds. The van der Waals surface area contributed by atoms with Crippen LogP contribution < -0.4 is 10.3 Å². The summed E-state index contributed by atoms with van der Waals surface area (Å²) in [6.45, 7) is 5.40. The molecule has 0 saturated heterocycles. The van der Waals surface area contributed by atoms with Crippen LogP contribution in [0.2, 0.25) is 0 Å². The van der Waals surface area contributed by atoms with E-state index in [-0.39, 0.29) is 29.2 Å². The van der Waals surface area contributed by atoms with Gasteiger partial charge in [0.25, 0.3) is 5.56 Å². The molecule has 2 aromatic carbocycles. The predicted octanol–water partition coefficient (Wildman–Crippen LogP) is 5.00. The van der Waals surface area contributed by atoms with Gasteiger partial charge in [0.2, 0.25) is 0 Å². The molecule has 0 fully saturated rings. The average Bonchev–Trinajstić information content (AvgIpc) is 3.25. The van der Waals surface area contributed by atoms with Gasteiger partial charge in [-0.2, -0.15) is 0 Å². The SMILES string of the molecule is CCOC(=O)c1cc2c(-c3cc(S(C)=O)ccc3Oc3c(C)cc(F)cc3C)cn(C)c(=O)c2[nH]1. The summed E-state index contributed by atoms with van der Waals surface area (Å²) in [5, 5.41) is 0.493. The molecule has 1 N–H and O–H groups in total. The fourth-order valence-corrected chi connectivity index (χ4v) is 4.57. The monoisotopic (exact) mass is 496 g/mol. The number of esters is 1. The summed E-state index contributed by atoms with van der Waals surface area (Å²) in [6.07, 6.45) is 3.21. The summed E-state index contributed by atoms with van der Waals surface area (Å²) in [5.74, 6) is -0.00625. The van der Waals surface area contributed by atoms with E-state index in [2.05, 4.69) is 4.98 Å². The van der Waals surface area contributed by atoms with Crippen LogP contribution >= 0.6 is 0 Å². The number of carbonyl (C=O) groups is 1. The number of carbonyl (C=O) groups excluding carboxylic acids is 1. The van der Waals surface area contributed by atoms with E-state index in [1.54, 1.807) is 64.5 Å². The van der Waals surface area contributed by atoms with Gasteiger partial charge >= 0.3 is 5.97 Å². The van der Waals surface area contributed by atoms with Gasteiger partial charge in [0, 0.05) is 51.7 Å². The Labute approximate surface area is 204 Å². The van der Waals surface area contributed by atoms with Crippen LogP contribution in [0.3, 0.4) is 0 Å². The van der Waals surface area contributed by atoms with Crippen LogP contribution in [0.5, 0.6) is 11.5 Å². The normalized spacial score (nSPS) is 12.1. The summed E-state index contributed by atoms with van der Waals surface area (Å²) >= 11 is 0. The summed E-state index contributed by atoms with van der Waals surface area (Å²) in [6, 6.07) is 9.47. The zero-order valence-electron chi connectivity index (χ0n) is 20.0. The highest BCUT2D eigenvalue weighted by molar-refractivity contribution is 7.84. The largest absolute Gasteiger partial charge is 0.461 e. The highest BCUT2D eigenvalue weighted by Crippen LogP contribution is 2.39. The molecule has 1 atom stereocenters. The molecule has 0 spiro atoms. The zero-order valence-corrected chi connectivity index (χ0v) is 20.8. The molecular formula is C26H25FN2O5S. The first kappa shape index (κ1) is 24.4. The van der Waals surface area contributed by atoms with Gasteiger partial charge in [-0.15, -0.1) is 0 Å². The molecule has 0 bridgehead atoms. The molecule has 0 saturated carbocycles. The van der Waals surface area contributed by atoms with Crippen molar-refractivity contribution in [2.24, 2.45) is 7.05 Å². The van der Waals surface area contributed by atoms with Crippen molar-refractivity contribution < 1.29 is 22.9 Å². The third-order valence-corrected chi connectivity index (χ3v) is 6.59. The minimum Gasteiger partial charge on any atom is -0.461 e. The number of hydrogen-bond acceptors (Lipinski definition) is 5. The summed E-state index contributed by atoms with van der Waals surface area (Å²) < 4.78 is 38.9. The molecule has 35 heavy (non-hydrogen) atoms. The van der Waals surface area contributed by atoms with Crippen molar-refractivity contribution in [3.8, 4) is 22.6 Å². The average molecular weight is 497 g/mol. The van der Waals surface area contributed by atoms with Crippen LogP contribution in [0.15, 0.2) is 52.3 Å². The third kappa shape index (κ3) is 4.64. The lowest BCUT2D eigenvalue weighted by molar-refractivity contribution is 0.0520. The van der Waals surface area contributed by atoms with Gasteiger partial charge in [-0.25, -0.2) is 9.18 Å². The lowest BCUT2D eigenvalue weighted by atomic mass is 10.0. The van der Waals surface area contributed by atoms with Crippen molar-refractivity contribution in [3.63, 3.8) is 0 Å². The number of H-pyrrole nitrogens is 1. The minimum atomic E-state index is -1.28. The Morgan fingerprint density at radius 2 is 1.80 bits per heavy atom. The number of benzene rings is 2. The van der Waals surface area contributed by atoms with Crippen LogP contribution in [0.25, 0.3) is 22.0 Å². The van der Waals surface area contributed by atoms with Crippen LogP contribution in [0.4, 0.5) is 4.39 Å². The smallest absolute Gasteiger partial charge is 0.354 e. The molecule has 4 rings (SSSR count). The van der Waals surface area contributed by atoms with Gasteiger partial charge < -0.3 is 19.0 Å². The first-order valence-electron chi connectivity index (χ1n) is 10.9. The fraction of sp³-hybridized carbons (Fsp3) is 0.231. The van der Waals surface area contributed by atoms with E-state index >= 15 is 0 Å². The standard InChI is InChI=1S/C26H25FN2O5S/c1-6-33-26(31)21-12-19-20(13-29(4)25(30)23(19)28-21)18-11-17(35(5)32)7-8-22(18)34-24-14(2)9-16(27)10-15(24)3/h7-13,28H,6H2,1-5H3. The highest BCUT2D eigenvalue weighted by atomic mass is 32.2. The van der Waals surface area contributed by atoms with Crippen molar-refractivity contribution in [1.82, 2.24) is 9.55 Å². The van der Waals surface area contributed by atoms with Crippen molar-refractivity contribution in [2.75, 3.05) is 12.9 Å². The van der Waals surface area contributed by atoms with Gasteiger partial charge in [0.15, 0.2) is 0 Å². The Morgan fingerprint density at radius 1 is 1.11 bits per heavy atom. The molecule has 1 unspecified atom stereocenters. The number of aryl methyl sites for hydroxylation is 3. The van der Waals surface area contributed by atoms with E-state index in [1.807, 2.05) is 0 Å². The number of ether oxygens (including phenoxy) is 2. The number of aromatic nitrogens is 2. The van der Waals surface area contributed by atoms with Crippen molar-refractivity contribution in [2.45, 2.75) is 25.7 Å². The molecule has 182 valence electrons. The summed E-state index contributed by atoms with van der Waals surface area (Å²) in [4.78, 5) is 28.6. The van der Waals surface area contributed by atoms with Crippen LogP contribution in [-0.4, -0.2) is 32.6 Å². The summed E-state index contributed by atoms with van der Waals surface area (Å²) in [5.41, 5.74) is 2.46. The highest BCUT2D eigenvalue weighted by Gasteiger charge is 2.20. The predicted molar refractivity (Wildman–Crippen MR) is 133 cm³/mol. The Balaban J connectivity index is 1.98.